The number of hydrogen-bond donors (Lipinski definition) is 2. The fraction of sp³-hybridized carbons (Fsp3) is 0.0833. The van der Waals surface area contributed by atoms with Gasteiger partial charge in [-0.05, 0) is 11.5 Å². The van der Waals surface area contributed by atoms with Gasteiger partial charge in [0, 0.05) is 17.2 Å². The molecule has 0 aliphatic rings. The Balaban J connectivity index is 2.68. The number of hydrogen-bond acceptors (Lipinski definition) is 2. The summed E-state index contributed by atoms with van der Waals surface area (Å²) in [6.07, 6.45) is 0. The summed E-state index contributed by atoms with van der Waals surface area (Å²) in [6.45, 7) is 1.50. The molecule has 76 valence electrons. The molecule has 0 spiro atoms. The summed E-state index contributed by atoms with van der Waals surface area (Å²) < 4.78 is 0. The quantitative estimate of drug-likeness (QED) is 0.706. The molecule has 0 heterocycles. The molecule has 2 aromatic rings. The number of thiol groups is 1. The Kier molecular flexibility index (Phi) is 2.64. The van der Waals surface area contributed by atoms with E-state index in [9.17, 15) is 4.79 Å². The van der Waals surface area contributed by atoms with Crippen molar-refractivity contribution in [1.29, 1.82) is 0 Å². The van der Waals surface area contributed by atoms with E-state index in [1.807, 2.05) is 36.4 Å². The van der Waals surface area contributed by atoms with E-state index in [4.69, 9.17) is 0 Å². The number of amides is 1. The highest BCUT2D eigenvalue weighted by Crippen LogP contribution is 2.29. The fourth-order valence-electron chi connectivity index (χ4n) is 1.57. The molecule has 2 rings (SSSR count). The van der Waals surface area contributed by atoms with Gasteiger partial charge in [0.1, 0.15) is 0 Å². The van der Waals surface area contributed by atoms with Gasteiger partial charge in [0.15, 0.2) is 0 Å². The minimum absolute atomic E-state index is 0.0818. The summed E-state index contributed by atoms with van der Waals surface area (Å²) in [5.74, 6) is -0.0818. The van der Waals surface area contributed by atoms with Crippen LogP contribution in [0.15, 0.2) is 41.3 Å². The summed E-state index contributed by atoms with van der Waals surface area (Å²) in [7, 11) is 0. The molecule has 0 aliphatic heterocycles. The number of anilines is 1. The third-order valence-electron chi connectivity index (χ3n) is 2.21. The van der Waals surface area contributed by atoms with E-state index in [-0.39, 0.29) is 5.91 Å². The van der Waals surface area contributed by atoms with E-state index in [1.165, 1.54) is 6.92 Å². The first-order valence-electron chi connectivity index (χ1n) is 4.67. The third-order valence-corrected chi connectivity index (χ3v) is 2.58. The van der Waals surface area contributed by atoms with Crippen molar-refractivity contribution >= 4 is 35.0 Å². The van der Waals surface area contributed by atoms with Gasteiger partial charge >= 0.3 is 0 Å². The summed E-state index contributed by atoms with van der Waals surface area (Å²) in [5, 5.41) is 4.91. The van der Waals surface area contributed by atoms with Crippen LogP contribution in [0.4, 0.5) is 5.69 Å². The molecule has 3 heteroatoms. The lowest BCUT2D eigenvalue weighted by Crippen LogP contribution is -2.06. The summed E-state index contributed by atoms with van der Waals surface area (Å²) in [4.78, 5) is 11.8. The van der Waals surface area contributed by atoms with Crippen LogP contribution < -0.4 is 5.32 Å². The van der Waals surface area contributed by atoms with Crippen LogP contribution in [0.2, 0.25) is 0 Å². The molecule has 0 atom stereocenters. The summed E-state index contributed by atoms with van der Waals surface area (Å²) >= 11 is 4.33. The van der Waals surface area contributed by atoms with E-state index in [0.717, 1.165) is 21.4 Å². The average molecular weight is 217 g/mol. The van der Waals surface area contributed by atoms with Gasteiger partial charge in [-0.1, -0.05) is 30.3 Å². The van der Waals surface area contributed by atoms with Crippen LogP contribution in [0.3, 0.4) is 0 Å². The average Bonchev–Trinajstić information content (AvgIpc) is 2.22. The lowest BCUT2D eigenvalue weighted by atomic mass is 10.1. The first-order chi connectivity index (χ1) is 7.18. The number of benzene rings is 2. The number of nitrogens with one attached hydrogen (secondary N) is 1. The van der Waals surface area contributed by atoms with E-state index >= 15 is 0 Å². The molecule has 0 unspecified atom stereocenters. The Morgan fingerprint density at radius 3 is 2.67 bits per heavy atom. The molecule has 0 saturated heterocycles. The molecule has 0 fully saturated rings. The van der Waals surface area contributed by atoms with Crippen LogP contribution >= 0.6 is 12.6 Å². The van der Waals surface area contributed by atoms with E-state index in [1.54, 1.807) is 0 Å². The smallest absolute Gasteiger partial charge is 0.221 e. The topological polar surface area (TPSA) is 29.1 Å². The molecule has 0 bridgehead atoms. The van der Waals surface area contributed by atoms with Gasteiger partial charge in [0.25, 0.3) is 0 Å². The van der Waals surface area contributed by atoms with Crippen molar-refractivity contribution in [2.75, 3.05) is 5.32 Å². The molecule has 0 saturated carbocycles. The Hall–Kier alpha value is -1.48. The normalized spacial score (nSPS) is 10.3. The van der Waals surface area contributed by atoms with Crippen LogP contribution in [-0.4, -0.2) is 5.91 Å². The Labute approximate surface area is 93.7 Å². The second kappa shape index (κ2) is 3.95. The first-order valence-corrected chi connectivity index (χ1v) is 5.11. The van der Waals surface area contributed by atoms with Crippen molar-refractivity contribution in [1.82, 2.24) is 0 Å². The van der Waals surface area contributed by atoms with E-state index < -0.39 is 0 Å². The third kappa shape index (κ3) is 1.97. The number of carbonyl (C=O) groups is 1. The predicted molar refractivity (Wildman–Crippen MR) is 65.5 cm³/mol. The number of fused-ring (bicyclic) bond motifs is 1. The van der Waals surface area contributed by atoms with Crippen LogP contribution in [0.1, 0.15) is 6.92 Å². The highest BCUT2D eigenvalue weighted by Gasteiger charge is 2.05. The van der Waals surface area contributed by atoms with Crippen LogP contribution in [0, 0.1) is 0 Å². The molecule has 1 amide bonds. The van der Waals surface area contributed by atoms with Gasteiger partial charge < -0.3 is 5.32 Å². The zero-order valence-electron chi connectivity index (χ0n) is 8.32. The minimum atomic E-state index is -0.0818. The maximum Gasteiger partial charge on any atom is 0.221 e. The van der Waals surface area contributed by atoms with E-state index in [0.29, 0.717) is 0 Å². The van der Waals surface area contributed by atoms with Crippen molar-refractivity contribution in [2.45, 2.75) is 11.8 Å². The first kappa shape index (κ1) is 10.1. The Bertz CT molecular complexity index is 522. The van der Waals surface area contributed by atoms with Gasteiger partial charge in [0.2, 0.25) is 5.91 Å². The standard InChI is InChI=1S/C12H11NOS/c1-8(14)13-12-10-5-3-2-4-9(10)6-7-11(12)15/h2-7,15H,1H3,(H,13,14). The molecule has 2 aromatic carbocycles. The maximum atomic E-state index is 11.1. The fourth-order valence-corrected chi connectivity index (χ4v) is 1.82. The Morgan fingerprint density at radius 1 is 1.20 bits per heavy atom. The van der Waals surface area contributed by atoms with Crippen LogP contribution in [-0.2, 0) is 4.79 Å². The summed E-state index contributed by atoms with van der Waals surface area (Å²) in [5.41, 5.74) is 0.781. The molecule has 15 heavy (non-hydrogen) atoms. The zero-order chi connectivity index (χ0) is 10.8. The minimum Gasteiger partial charge on any atom is -0.325 e. The molecule has 2 nitrogen and oxygen atoms in total. The number of rotatable bonds is 1. The summed E-state index contributed by atoms with van der Waals surface area (Å²) in [6, 6.07) is 11.8. The van der Waals surface area contributed by atoms with E-state index in [2.05, 4.69) is 17.9 Å². The van der Waals surface area contributed by atoms with Gasteiger partial charge in [-0.2, -0.15) is 0 Å². The predicted octanol–water partition coefficient (Wildman–Crippen LogP) is 3.09. The van der Waals surface area contributed by atoms with Crippen molar-refractivity contribution in [2.24, 2.45) is 0 Å². The number of carbonyl (C=O) groups excluding carboxylic acids is 1. The van der Waals surface area contributed by atoms with Crippen molar-refractivity contribution in [3.8, 4) is 0 Å². The largest absolute Gasteiger partial charge is 0.325 e. The van der Waals surface area contributed by atoms with Crippen molar-refractivity contribution in [3.63, 3.8) is 0 Å². The van der Waals surface area contributed by atoms with Gasteiger partial charge in [-0.15, -0.1) is 12.6 Å². The van der Waals surface area contributed by atoms with Crippen LogP contribution in [0.25, 0.3) is 10.8 Å². The molecule has 0 aliphatic carbocycles. The van der Waals surface area contributed by atoms with Gasteiger partial charge in [-0.3, -0.25) is 4.79 Å². The highest BCUT2D eigenvalue weighted by molar-refractivity contribution is 7.80. The van der Waals surface area contributed by atoms with Crippen molar-refractivity contribution in [3.05, 3.63) is 36.4 Å². The lowest BCUT2D eigenvalue weighted by molar-refractivity contribution is -0.114. The molecule has 0 radical (unpaired) electrons. The molecule has 0 aromatic heterocycles. The molecule has 1 N–H and O–H groups in total. The van der Waals surface area contributed by atoms with Gasteiger partial charge in [0.05, 0.1) is 5.69 Å². The highest BCUT2D eigenvalue weighted by atomic mass is 32.1. The lowest BCUT2D eigenvalue weighted by Gasteiger charge is -2.09. The Morgan fingerprint density at radius 2 is 1.93 bits per heavy atom. The SMILES string of the molecule is CC(=O)Nc1c(S)ccc2ccccc12. The molecular formula is C12H11NOS. The monoisotopic (exact) mass is 217 g/mol. The second-order valence-electron chi connectivity index (χ2n) is 3.36. The second-order valence-corrected chi connectivity index (χ2v) is 3.84. The molecular weight excluding hydrogens is 206 g/mol. The van der Waals surface area contributed by atoms with Crippen LogP contribution in [0.5, 0.6) is 0 Å². The van der Waals surface area contributed by atoms with Crippen molar-refractivity contribution < 1.29 is 4.79 Å². The zero-order valence-corrected chi connectivity index (χ0v) is 9.21. The van der Waals surface area contributed by atoms with Gasteiger partial charge in [-0.25, -0.2) is 0 Å². The maximum absolute atomic E-state index is 11.1.